The maximum Gasteiger partial charge on any atom is 1.00 e. The van der Waals surface area contributed by atoms with Gasteiger partial charge in [-0.05, 0) is 0 Å². The summed E-state index contributed by atoms with van der Waals surface area (Å²) in [5.41, 5.74) is 0. The molecule has 0 aromatic heterocycles. The van der Waals surface area contributed by atoms with Crippen LogP contribution >= 0.6 is 0 Å². The summed E-state index contributed by atoms with van der Waals surface area (Å²) in [4.78, 5) is 0. The molecule has 0 aliphatic heterocycles. The SMILES string of the molecule is F.F.F.F.[Eu].[H-].[Li+]. The van der Waals surface area contributed by atoms with Crippen molar-refractivity contribution in [1.82, 2.24) is 0 Å². The fraction of sp³-hybridized carbons (Fsp3) is 0. The van der Waals surface area contributed by atoms with Crippen molar-refractivity contribution >= 4 is 0 Å². The van der Waals surface area contributed by atoms with Crippen LogP contribution in [0.15, 0.2) is 0 Å². The Labute approximate surface area is 87.1 Å². The molecule has 0 rings (SSSR count). The van der Waals surface area contributed by atoms with Crippen LogP contribution in [0.4, 0.5) is 18.8 Å². The van der Waals surface area contributed by atoms with Crippen molar-refractivity contribution in [2.45, 2.75) is 0 Å². The predicted octanol–water partition coefficient (Wildman–Crippen LogP) is -2.27. The van der Waals surface area contributed by atoms with E-state index in [1.54, 1.807) is 0 Å². The van der Waals surface area contributed by atoms with Crippen molar-refractivity contribution in [3.8, 4) is 0 Å². The van der Waals surface area contributed by atoms with Gasteiger partial charge in [-0.15, -0.1) is 0 Å². The Balaban J connectivity index is 0. The van der Waals surface area contributed by atoms with E-state index in [2.05, 4.69) is 0 Å². The van der Waals surface area contributed by atoms with Gasteiger partial charge in [-0.2, -0.15) is 0 Å². The van der Waals surface area contributed by atoms with Crippen molar-refractivity contribution in [3.63, 3.8) is 0 Å². The minimum atomic E-state index is 0. The zero-order valence-electron chi connectivity index (χ0n) is 4.01. The molecule has 0 aromatic carbocycles. The molecule has 0 saturated heterocycles. The van der Waals surface area contributed by atoms with Crippen LogP contribution in [-0.2, 0) is 0 Å². The summed E-state index contributed by atoms with van der Waals surface area (Å²) in [7, 11) is 0. The number of halogens is 4. The summed E-state index contributed by atoms with van der Waals surface area (Å²) in [5.74, 6) is 0. The van der Waals surface area contributed by atoms with Gasteiger partial charge in [0.15, 0.2) is 0 Å². The second-order valence-corrected chi connectivity index (χ2v) is 0. The van der Waals surface area contributed by atoms with E-state index < -0.39 is 0 Å². The molecule has 41 valence electrons. The molecule has 0 amide bonds. The topological polar surface area (TPSA) is 0 Å². The third-order valence-electron chi connectivity index (χ3n) is 0. The monoisotopic (exact) mass is 241 g/mol. The van der Waals surface area contributed by atoms with Crippen LogP contribution in [-0.4, -0.2) is 0 Å². The molecule has 0 saturated carbocycles. The van der Waals surface area contributed by atoms with Crippen molar-refractivity contribution < 1.29 is 88.5 Å². The summed E-state index contributed by atoms with van der Waals surface area (Å²) >= 11 is 0. The molecule has 0 atom stereocenters. The molecule has 0 N–H and O–H groups in total. The summed E-state index contributed by atoms with van der Waals surface area (Å²) in [6, 6.07) is 0. The van der Waals surface area contributed by atoms with Gasteiger partial charge in [-0.1, -0.05) is 0 Å². The summed E-state index contributed by atoms with van der Waals surface area (Å²) < 4.78 is 0. The third-order valence-corrected chi connectivity index (χ3v) is 0. The summed E-state index contributed by atoms with van der Waals surface area (Å²) in [6.45, 7) is 0. The smallest absolute Gasteiger partial charge is 1.00 e. The van der Waals surface area contributed by atoms with Crippen molar-refractivity contribution in [2.75, 3.05) is 0 Å². The van der Waals surface area contributed by atoms with Crippen LogP contribution in [0.2, 0.25) is 0 Å². The van der Waals surface area contributed by atoms with Gasteiger partial charge in [0, 0.05) is 49.4 Å². The zero-order valence-corrected chi connectivity index (χ0v) is 5.44. The van der Waals surface area contributed by atoms with Gasteiger partial charge in [0.05, 0.1) is 0 Å². The average molecular weight is 240 g/mol. The molecule has 0 nitrogen and oxygen atoms in total. The molecule has 6 heteroatoms. The van der Waals surface area contributed by atoms with E-state index in [0.717, 1.165) is 0 Å². The molecule has 0 aliphatic carbocycles. The Morgan fingerprint density at radius 3 is 0.667 bits per heavy atom. The van der Waals surface area contributed by atoms with Crippen molar-refractivity contribution in [1.29, 1.82) is 0 Å². The third kappa shape index (κ3) is 39.2. The minimum Gasteiger partial charge on any atom is -1.00 e. The maximum absolute atomic E-state index is 0. The molecule has 0 bridgehead atoms. The first-order valence-corrected chi connectivity index (χ1v) is 0. The molecular weight excluding hydrogens is 235 g/mol. The quantitative estimate of drug-likeness (QED) is 0.331. The molecule has 0 heterocycles. The fourth-order valence-corrected chi connectivity index (χ4v) is 0. The number of hydrogen-bond acceptors (Lipinski definition) is 0. The molecular formula is H5EuF4Li. The van der Waals surface area contributed by atoms with E-state index in [-0.39, 0.29) is 88.5 Å². The van der Waals surface area contributed by atoms with Gasteiger partial charge in [0.25, 0.3) is 0 Å². The molecule has 1 radical (unpaired) electrons. The second-order valence-electron chi connectivity index (χ2n) is 0. The van der Waals surface area contributed by atoms with Crippen LogP contribution in [0, 0.1) is 49.4 Å². The molecule has 0 fully saturated rings. The van der Waals surface area contributed by atoms with Gasteiger partial charge in [-0.3, -0.25) is 18.8 Å². The first-order valence-electron chi connectivity index (χ1n) is 0. The standard InChI is InChI=1S/Eu.4FH.Li.H/h;4*1H;;/q;;;;;+1;-1. The van der Waals surface area contributed by atoms with Crippen LogP contribution in [0.1, 0.15) is 1.43 Å². The van der Waals surface area contributed by atoms with Crippen molar-refractivity contribution in [2.24, 2.45) is 0 Å². The zero-order chi connectivity index (χ0) is 0. The summed E-state index contributed by atoms with van der Waals surface area (Å²) in [5, 5.41) is 0. The van der Waals surface area contributed by atoms with Gasteiger partial charge in [0.1, 0.15) is 0 Å². The number of rotatable bonds is 0. The molecule has 0 aliphatic rings. The van der Waals surface area contributed by atoms with E-state index in [4.69, 9.17) is 0 Å². The van der Waals surface area contributed by atoms with E-state index >= 15 is 0 Å². The predicted molar refractivity (Wildman–Crippen MR) is 11.1 cm³/mol. The Hall–Kier alpha value is 1.90. The Bertz CT molecular complexity index is 11.7. The van der Waals surface area contributed by atoms with E-state index in [1.807, 2.05) is 0 Å². The van der Waals surface area contributed by atoms with Gasteiger partial charge in [-0.25, -0.2) is 0 Å². The average Bonchev–Trinajstić information content (AvgIpc) is 0. The van der Waals surface area contributed by atoms with Gasteiger partial charge >= 0.3 is 18.9 Å². The number of hydrogen-bond donors (Lipinski definition) is 0. The largest absolute Gasteiger partial charge is 1.00 e. The van der Waals surface area contributed by atoms with Crippen LogP contribution in [0.5, 0.6) is 0 Å². The molecule has 6 heavy (non-hydrogen) atoms. The second kappa shape index (κ2) is 66.5. The van der Waals surface area contributed by atoms with Crippen LogP contribution in [0.25, 0.3) is 0 Å². The molecule has 0 aromatic rings. The van der Waals surface area contributed by atoms with E-state index in [1.165, 1.54) is 0 Å². The summed E-state index contributed by atoms with van der Waals surface area (Å²) in [6.07, 6.45) is 0. The van der Waals surface area contributed by atoms with Crippen molar-refractivity contribution in [3.05, 3.63) is 0 Å². The van der Waals surface area contributed by atoms with E-state index in [0.29, 0.717) is 0 Å². The van der Waals surface area contributed by atoms with Crippen LogP contribution < -0.4 is 18.9 Å². The maximum atomic E-state index is 0. The normalized spacial score (nSPS) is 0. The Morgan fingerprint density at radius 1 is 0.667 bits per heavy atom. The van der Waals surface area contributed by atoms with Gasteiger partial charge < -0.3 is 1.43 Å². The minimum absolute atomic E-state index is 0. The Morgan fingerprint density at radius 2 is 0.667 bits per heavy atom. The fourth-order valence-electron chi connectivity index (χ4n) is 0. The first kappa shape index (κ1) is 104. The molecule has 0 spiro atoms. The Kier molecular flexibility index (Phi) is 1150. The molecule has 0 unspecified atom stereocenters. The van der Waals surface area contributed by atoms with E-state index in [9.17, 15) is 0 Å². The van der Waals surface area contributed by atoms with Gasteiger partial charge in [0.2, 0.25) is 0 Å². The first-order chi connectivity index (χ1) is 0. The van der Waals surface area contributed by atoms with Crippen LogP contribution in [0.3, 0.4) is 0 Å².